The van der Waals surface area contributed by atoms with Gasteiger partial charge in [-0.2, -0.15) is 10.2 Å². The highest BCUT2D eigenvalue weighted by Crippen LogP contribution is 2.20. The minimum absolute atomic E-state index is 0.150. The van der Waals surface area contributed by atoms with E-state index in [9.17, 15) is 14.9 Å². The van der Waals surface area contributed by atoms with Crippen molar-refractivity contribution in [2.75, 3.05) is 0 Å². The summed E-state index contributed by atoms with van der Waals surface area (Å²) in [6.07, 6.45) is 4.06. The van der Waals surface area contributed by atoms with Gasteiger partial charge >= 0.3 is 5.69 Å². The minimum atomic E-state index is -1.06. The number of hydrogen-bond acceptors (Lipinski definition) is 5. The van der Waals surface area contributed by atoms with Crippen LogP contribution < -0.4 is 5.32 Å². The molecule has 0 saturated heterocycles. The van der Waals surface area contributed by atoms with E-state index in [1.54, 1.807) is 24.7 Å². The molecular weight excluding hydrogens is 300 g/mol. The van der Waals surface area contributed by atoms with E-state index in [4.69, 9.17) is 0 Å². The molecule has 9 nitrogen and oxygen atoms in total. The van der Waals surface area contributed by atoms with E-state index in [1.165, 1.54) is 10.9 Å². The zero-order valence-electron chi connectivity index (χ0n) is 13.6. The normalized spacial score (nSPS) is 12.9. The van der Waals surface area contributed by atoms with Crippen LogP contribution in [0.2, 0.25) is 0 Å². The second kappa shape index (κ2) is 6.19. The highest BCUT2D eigenvalue weighted by molar-refractivity contribution is 5.83. The fourth-order valence-electron chi connectivity index (χ4n) is 2.24. The maximum atomic E-state index is 12.6. The van der Waals surface area contributed by atoms with Gasteiger partial charge in [-0.05, 0) is 33.8 Å². The van der Waals surface area contributed by atoms with E-state index in [1.807, 2.05) is 19.9 Å². The van der Waals surface area contributed by atoms with Gasteiger partial charge in [0.15, 0.2) is 0 Å². The molecule has 2 rings (SSSR count). The van der Waals surface area contributed by atoms with Gasteiger partial charge in [0.25, 0.3) is 0 Å². The Hall–Kier alpha value is -2.71. The monoisotopic (exact) mass is 320 g/mol. The highest BCUT2D eigenvalue weighted by atomic mass is 16.6. The van der Waals surface area contributed by atoms with Crippen LogP contribution in [-0.2, 0) is 16.9 Å². The van der Waals surface area contributed by atoms with Crippen molar-refractivity contribution in [3.05, 3.63) is 40.5 Å². The number of aromatic nitrogens is 4. The van der Waals surface area contributed by atoms with Gasteiger partial charge in [0.2, 0.25) is 5.91 Å². The number of nitrogens with one attached hydrogen (secondary N) is 1. The summed E-state index contributed by atoms with van der Waals surface area (Å²) in [6, 6.07) is 1.61. The van der Waals surface area contributed by atoms with Crippen LogP contribution in [0.4, 0.5) is 5.69 Å². The Balaban J connectivity index is 2.16. The Kier molecular flexibility index (Phi) is 4.48. The van der Waals surface area contributed by atoms with E-state index in [0.717, 1.165) is 11.9 Å². The molecule has 23 heavy (non-hydrogen) atoms. The third-order valence-electron chi connectivity index (χ3n) is 3.75. The summed E-state index contributed by atoms with van der Waals surface area (Å²) >= 11 is 0. The lowest BCUT2D eigenvalue weighted by molar-refractivity contribution is -0.385. The maximum Gasteiger partial charge on any atom is 0.307 e. The van der Waals surface area contributed by atoms with Crippen LogP contribution >= 0.6 is 0 Å². The van der Waals surface area contributed by atoms with Crippen LogP contribution in [0.15, 0.2) is 24.7 Å². The minimum Gasteiger partial charge on any atom is -0.346 e. The van der Waals surface area contributed by atoms with Gasteiger partial charge in [-0.1, -0.05) is 0 Å². The van der Waals surface area contributed by atoms with Gasteiger partial charge in [0, 0.05) is 12.7 Å². The van der Waals surface area contributed by atoms with Crippen LogP contribution in [-0.4, -0.2) is 30.4 Å². The molecule has 0 spiro atoms. The van der Waals surface area contributed by atoms with E-state index >= 15 is 0 Å². The standard InChI is InChI=1S/C14H20N6O3/c1-5-18-12(6-7-15-18)10(2)17-13(21)14(3,4)19-9-11(8-16-19)20(22)23/h6-10H,5H2,1-4H3,(H,17,21). The molecule has 1 atom stereocenters. The van der Waals surface area contributed by atoms with Gasteiger partial charge in [0.05, 0.1) is 16.7 Å². The highest BCUT2D eigenvalue weighted by Gasteiger charge is 2.33. The van der Waals surface area contributed by atoms with Crippen molar-refractivity contribution in [2.45, 2.75) is 45.8 Å². The first-order valence-electron chi connectivity index (χ1n) is 7.29. The lowest BCUT2D eigenvalue weighted by Crippen LogP contribution is -2.45. The Morgan fingerprint density at radius 2 is 2.17 bits per heavy atom. The quantitative estimate of drug-likeness (QED) is 0.642. The Bertz CT molecular complexity index is 718. The van der Waals surface area contributed by atoms with Gasteiger partial charge in [-0.3, -0.25) is 24.3 Å². The molecule has 0 aromatic carbocycles. The van der Waals surface area contributed by atoms with Crippen molar-refractivity contribution in [1.82, 2.24) is 24.9 Å². The molecule has 0 fully saturated rings. The average molecular weight is 320 g/mol. The van der Waals surface area contributed by atoms with Crippen LogP contribution in [0.5, 0.6) is 0 Å². The lowest BCUT2D eigenvalue weighted by Gasteiger charge is -2.26. The third-order valence-corrected chi connectivity index (χ3v) is 3.75. The molecule has 2 aromatic rings. The maximum absolute atomic E-state index is 12.6. The van der Waals surface area contributed by atoms with Crippen LogP contribution in [0.25, 0.3) is 0 Å². The molecule has 1 N–H and O–H groups in total. The van der Waals surface area contributed by atoms with Crippen LogP contribution in [0.1, 0.15) is 39.4 Å². The second-order valence-corrected chi connectivity index (χ2v) is 5.73. The number of carbonyl (C=O) groups excluding carboxylic acids is 1. The summed E-state index contributed by atoms with van der Waals surface area (Å²) in [5, 5.41) is 21.8. The number of hydrogen-bond donors (Lipinski definition) is 1. The number of nitro groups is 1. The molecule has 0 saturated carbocycles. The van der Waals surface area contributed by atoms with E-state index in [-0.39, 0.29) is 17.6 Å². The van der Waals surface area contributed by atoms with Crippen molar-refractivity contribution >= 4 is 11.6 Å². The number of nitrogens with zero attached hydrogens (tertiary/aromatic N) is 5. The van der Waals surface area contributed by atoms with Crippen molar-refractivity contribution in [2.24, 2.45) is 0 Å². The summed E-state index contributed by atoms with van der Waals surface area (Å²) in [5.41, 5.74) is -0.314. The van der Waals surface area contributed by atoms with Crippen LogP contribution in [0.3, 0.4) is 0 Å². The fourth-order valence-corrected chi connectivity index (χ4v) is 2.24. The van der Waals surface area contributed by atoms with Gasteiger partial charge in [-0.25, -0.2) is 0 Å². The third kappa shape index (κ3) is 3.22. The molecule has 1 unspecified atom stereocenters. The topological polar surface area (TPSA) is 108 Å². The van der Waals surface area contributed by atoms with Crippen molar-refractivity contribution in [1.29, 1.82) is 0 Å². The first-order valence-corrected chi connectivity index (χ1v) is 7.29. The zero-order valence-corrected chi connectivity index (χ0v) is 13.6. The van der Waals surface area contributed by atoms with Crippen molar-refractivity contribution in [3.8, 4) is 0 Å². The summed E-state index contributed by atoms with van der Waals surface area (Å²) in [4.78, 5) is 22.8. The van der Waals surface area contributed by atoms with Crippen molar-refractivity contribution in [3.63, 3.8) is 0 Å². The summed E-state index contributed by atoms with van der Waals surface area (Å²) in [6.45, 7) is 7.85. The summed E-state index contributed by atoms with van der Waals surface area (Å²) < 4.78 is 3.10. The second-order valence-electron chi connectivity index (χ2n) is 5.73. The molecule has 0 aliphatic carbocycles. The van der Waals surface area contributed by atoms with E-state index < -0.39 is 10.5 Å². The number of carbonyl (C=O) groups is 1. The Labute approximate surface area is 133 Å². The lowest BCUT2D eigenvalue weighted by atomic mass is 10.0. The average Bonchev–Trinajstić information content (AvgIpc) is 3.16. The zero-order chi connectivity index (χ0) is 17.2. The molecule has 0 aliphatic heterocycles. The molecule has 2 heterocycles. The molecular formula is C14H20N6O3. The van der Waals surface area contributed by atoms with E-state index in [2.05, 4.69) is 15.5 Å². The largest absolute Gasteiger partial charge is 0.346 e. The number of aryl methyl sites for hydroxylation is 1. The molecule has 9 heteroatoms. The van der Waals surface area contributed by atoms with E-state index in [0.29, 0.717) is 6.54 Å². The molecule has 0 radical (unpaired) electrons. The first-order chi connectivity index (χ1) is 10.8. The first kappa shape index (κ1) is 16.7. The SMILES string of the molecule is CCn1nccc1C(C)NC(=O)C(C)(C)n1cc([N+](=O)[O-])cn1. The predicted octanol–water partition coefficient (Wildman–Crippen LogP) is 1.62. The molecule has 2 aromatic heterocycles. The molecule has 0 aliphatic rings. The summed E-state index contributed by atoms with van der Waals surface area (Å²) in [7, 11) is 0. The molecule has 0 bridgehead atoms. The number of rotatable bonds is 6. The Morgan fingerprint density at radius 1 is 1.48 bits per heavy atom. The molecule has 1 amide bonds. The van der Waals surface area contributed by atoms with Gasteiger partial charge < -0.3 is 5.32 Å². The van der Waals surface area contributed by atoms with Crippen LogP contribution in [0, 0.1) is 10.1 Å². The molecule has 124 valence electrons. The Morgan fingerprint density at radius 3 is 2.74 bits per heavy atom. The fraction of sp³-hybridized carbons (Fsp3) is 0.500. The van der Waals surface area contributed by atoms with Crippen molar-refractivity contribution < 1.29 is 9.72 Å². The smallest absolute Gasteiger partial charge is 0.307 e. The predicted molar refractivity (Wildman–Crippen MR) is 82.7 cm³/mol. The van der Waals surface area contributed by atoms with Gasteiger partial charge in [-0.15, -0.1) is 0 Å². The summed E-state index contributed by atoms with van der Waals surface area (Å²) in [5.74, 6) is -0.285. The van der Waals surface area contributed by atoms with Gasteiger partial charge in [0.1, 0.15) is 17.9 Å². The number of amides is 1.